The zero-order chi connectivity index (χ0) is 10.3. The highest BCUT2D eigenvalue weighted by Crippen LogP contribution is 2.21. The van der Waals surface area contributed by atoms with Crippen molar-refractivity contribution in [2.45, 2.75) is 25.2 Å². The van der Waals surface area contributed by atoms with Crippen molar-refractivity contribution in [1.82, 2.24) is 10.2 Å². The molecule has 0 aromatic heterocycles. The Labute approximate surface area is 81.5 Å². The lowest BCUT2D eigenvalue weighted by atomic mass is 9.98. The highest BCUT2D eigenvalue weighted by molar-refractivity contribution is 5.58. The number of nitro groups is 1. The smallest absolute Gasteiger partial charge is 0.276 e. The number of nitrogens with zero attached hydrogens (tertiary/aromatic N) is 3. The van der Waals surface area contributed by atoms with Crippen molar-refractivity contribution < 1.29 is 4.92 Å². The van der Waals surface area contributed by atoms with Gasteiger partial charge in [0, 0.05) is 17.7 Å². The largest absolute Gasteiger partial charge is 0.362 e. The molecule has 0 aromatic rings. The molecule has 0 aromatic carbocycles. The van der Waals surface area contributed by atoms with Crippen LogP contribution in [0.3, 0.4) is 0 Å². The summed E-state index contributed by atoms with van der Waals surface area (Å²) in [6.45, 7) is 1.89. The predicted octanol–water partition coefficient (Wildman–Crippen LogP) is -0.193. The number of nitrogens with one attached hydrogen (secondary N) is 1. The van der Waals surface area contributed by atoms with E-state index in [0.717, 1.165) is 5.70 Å². The van der Waals surface area contributed by atoms with E-state index < -0.39 is 12.2 Å². The fraction of sp³-hybridized carbons (Fsp3) is 0.625. The van der Waals surface area contributed by atoms with Crippen LogP contribution in [0.4, 0.5) is 0 Å². The summed E-state index contributed by atoms with van der Waals surface area (Å²) in [5.74, 6) is 0. The monoisotopic (exact) mass is 196 g/mol. The summed E-state index contributed by atoms with van der Waals surface area (Å²) in [5, 5.41) is 13.9. The van der Waals surface area contributed by atoms with Crippen LogP contribution in [0.25, 0.3) is 0 Å². The van der Waals surface area contributed by atoms with Gasteiger partial charge in [0.1, 0.15) is 6.04 Å². The number of allylic oxidation sites excluding steroid dienone is 1. The van der Waals surface area contributed by atoms with Gasteiger partial charge in [-0.05, 0) is 13.0 Å². The standard InChI is InChI=1S/C8H12N4O2/c1-5-3-6-7(12(13)14)8(10-5)9-4-11(6)2/h3-4,6-8,10H,1-2H3/t6-,7+,8-/m0/s1. The minimum absolute atomic E-state index is 0.186. The van der Waals surface area contributed by atoms with Crippen molar-refractivity contribution in [3.8, 4) is 0 Å². The van der Waals surface area contributed by atoms with Gasteiger partial charge >= 0.3 is 0 Å². The number of rotatable bonds is 1. The third kappa shape index (κ3) is 1.23. The SMILES string of the molecule is CC1=C[C@H]2[C@@H]([N+](=O)[O-])[C@@H](N=CN2C)N1. The molecule has 76 valence electrons. The number of hydrogen-bond donors (Lipinski definition) is 1. The van der Waals surface area contributed by atoms with Crippen molar-refractivity contribution >= 4 is 6.34 Å². The van der Waals surface area contributed by atoms with Gasteiger partial charge in [0.25, 0.3) is 6.04 Å². The molecule has 14 heavy (non-hydrogen) atoms. The summed E-state index contributed by atoms with van der Waals surface area (Å²) in [4.78, 5) is 16.5. The van der Waals surface area contributed by atoms with Crippen LogP contribution in [-0.4, -0.2) is 41.5 Å². The second-order valence-electron chi connectivity index (χ2n) is 3.64. The lowest BCUT2D eigenvalue weighted by molar-refractivity contribution is -0.532. The molecule has 2 aliphatic rings. The molecule has 2 bridgehead atoms. The van der Waals surface area contributed by atoms with Crippen LogP contribution in [0.5, 0.6) is 0 Å². The first-order valence-electron chi connectivity index (χ1n) is 4.43. The molecule has 0 aliphatic carbocycles. The molecule has 6 nitrogen and oxygen atoms in total. The van der Waals surface area contributed by atoms with Crippen molar-refractivity contribution in [3.63, 3.8) is 0 Å². The summed E-state index contributed by atoms with van der Waals surface area (Å²) in [6, 6.07) is -0.873. The van der Waals surface area contributed by atoms with E-state index >= 15 is 0 Å². The van der Waals surface area contributed by atoms with Crippen molar-refractivity contribution in [3.05, 3.63) is 21.9 Å². The van der Waals surface area contributed by atoms with Crippen LogP contribution in [-0.2, 0) is 0 Å². The van der Waals surface area contributed by atoms with Gasteiger partial charge < -0.3 is 10.2 Å². The number of likely N-dealkylation sites (N-methyl/N-ethyl adjacent to an activating group) is 1. The molecule has 1 N–H and O–H groups in total. The molecule has 0 unspecified atom stereocenters. The maximum atomic E-state index is 10.9. The Bertz CT molecular complexity index is 325. The average molecular weight is 196 g/mol. The van der Waals surface area contributed by atoms with Crippen molar-refractivity contribution in [2.24, 2.45) is 4.99 Å². The Hall–Kier alpha value is -1.59. The molecule has 2 aliphatic heterocycles. The van der Waals surface area contributed by atoms with Crippen molar-refractivity contribution in [1.29, 1.82) is 0 Å². The summed E-state index contributed by atoms with van der Waals surface area (Å²) < 4.78 is 0. The molecular weight excluding hydrogens is 184 g/mol. The highest BCUT2D eigenvalue weighted by atomic mass is 16.6. The minimum atomic E-state index is -0.686. The van der Waals surface area contributed by atoms with Gasteiger partial charge in [-0.3, -0.25) is 10.1 Å². The predicted molar refractivity (Wildman–Crippen MR) is 51.5 cm³/mol. The molecule has 2 rings (SSSR count). The maximum Gasteiger partial charge on any atom is 0.276 e. The number of hydrogen-bond acceptors (Lipinski definition) is 5. The summed E-state index contributed by atoms with van der Waals surface area (Å²) >= 11 is 0. The first-order chi connectivity index (χ1) is 6.59. The van der Waals surface area contributed by atoms with E-state index in [-0.39, 0.29) is 11.0 Å². The average Bonchev–Trinajstić information content (AvgIpc) is 2.10. The third-order valence-corrected chi connectivity index (χ3v) is 2.59. The molecule has 0 saturated heterocycles. The first kappa shape index (κ1) is 8.98. The number of fused-ring (bicyclic) bond motifs is 2. The van der Waals surface area contributed by atoms with Crippen LogP contribution < -0.4 is 5.32 Å². The van der Waals surface area contributed by atoms with E-state index in [9.17, 15) is 10.1 Å². The lowest BCUT2D eigenvalue weighted by Crippen LogP contribution is -2.59. The topological polar surface area (TPSA) is 70.8 Å². The summed E-state index contributed by atoms with van der Waals surface area (Å²) in [6.07, 6.45) is 3.09. The Morgan fingerprint density at radius 3 is 3.07 bits per heavy atom. The van der Waals surface area contributed by atoms with Gasteiger partial charge in [-0.25, -0.2) is 4.99 Å². The van der Waals surface area contributed by atoms with Gasteiger partial charge in [-0.1, -0.05) is 0 Å². The van der Waals surface area contributed by atoms with E-state index in [1.54, 1.807) is 18.3 Å². The van der Waals surface area contributed by atoms with Crippen LogP contribution in [0, 0.1) is 10.1 Å². The molecule has 0 amide bonds. The van der Waals surface area contributed by atoms with Gasteiger partial charge in [-0.15, -0.1) is 0 Å². The quantitative estimate of drug-likeness (QED) is 0.466. The molecule has 3 atom stereocenters. The van der Waals surface area contributed by atoms with Gasteiger partial charge in [-0.2, -0.15) is 0 Å². The molecule has 0 saturated carbocycles. The van der Waals surface area contributed by atoms with E-state index in [4.69, 9.17) is 0 Å². The van der Waals surface area contributed by atoms with Crippen molar-refractivity contribution in [2.75, 3.05) is 7.05 Å². The number of aliphatic imine (C=N–C) groups is 1. The minimum Gasteiger partial charge on any atom is -0.362 e. The van der Waals surface area contributed by atoms with Gasteiger partial charge in [0.05, 0.1) is 6.34 Å². The van der Waals surface area contributed by atoms with E-state index in [0.29, 0.717) is 0 Å². The Balaban J connectivity index is 2.37. The first-order valence-corrected chi connectivity index (χ1v) is 4.43. The van der Waals surface area contributed by atoms with E-state index in [1.165, 1.54) is 0 Å². The molecular formula is C8H12N4O2. The lowest BCUT2D eigenvalue weighted by Gasteiger charge is -2.37. The van der Waals surface area contributed by atoms with Gasteiger partial charge in [0.2, 0.25) is 0 Å². The van der Waals surface area contributed by atoms with Gasteiger partial charge in [0.15, 0.2) is 6.17 Å². The Morgan fingerprint density at radius 2 is 2.43 bits per heavy atom. The molecule has 6 heteroatoms. The summed E-state index contributed by atoms with van der Waals surface area (Å²) in [7, 11) is 1.80. The molecule has 2 heterocycles. The second kappa shape index (κ2) is 2.97. The summed E-state index contributed by atoms with van der Waals surface area (Å²) in [5.41, 5.74) is 0.946. The zero-order valence-corrected chi connectivity index (χ0v) is 8.04. The Morgan fingerprint density at radius 1 is 1.71 bits per heavy atom. The normalized spacial score (nSPS) is 34.9. The third-order valence-electron chi connectivity index (χ3n) is 2.59. The maximum absolute atomic E-state index is 10.9. The molecule has 0 fully saturated rings. The fourth-order valence-electron chi connectivity index (χ4n) is 1.89. The van der Waals surface area contributed by atoms with Crippen LogP contribution in [0.2, 0.25) is 0 Å². The molecule has 0 spiro atoms. The van der Waals surface area contributed by atoms with E-state index in [2.05, 4.69) is 10.3 Å². The zero-order valence-electron chi connectivity index (χ0n) is 8.04. The molecule has 0 radical (unpaired) electrons. The van der Waals surface area contributed by atoms with Crippen LogP contribution >= 0.6 is 0 Å². The second-order valence-corrected chi connectivity index (χ2v) is 3.64. The van der Waals surface area contributed by atoms with E-state index in [1.807, 2.05) is 13.0 Å². The fourth-order valence-corrected chi connectivity index (χ4v) is 1.89. The van der Waals surface area contributed by atoms with Crippen LogP contribution in [0.15, 0.2) is 16.8 Å². The van der Waals surface area contributed by atoms with Crippen LogP contribution in [0.1, 0.15) is 6.92 Å². The Kier molecular flexibility index (Phi) is 1.90. The highest BCUT2D eigenvalue weighted by Gasteiger charge is 2.45.